The second-order valence-corrected chi connectivity index (χ2v) is 5.70. The third-order valence-electron chi connectivity index (χ3n) is 4.15. The predicted octanol–water partition coefficient (Wildman–Crippen LogP) is 2.23. The van der Waals surface area contributed by atoms with Crippen LogP contribution < -0.4 is 0 Å². The molecule has 3 rings (SSSR count). The molecule has 2 atom stereocenters. The van der Waals surface area contributed by atoms with Crippen molar-refractivity contribution in [3.8, 4) is 0 Å². The van der Waals surface area contributed by atoms with Crippen LogP contribution in [0.25, 0.3) is 10.8 Å². The third kappa shape index (κ3) is 2.71. The molecule has 124 valence electrons. The Hall–Kier alpha value is -2.54. The molecule has 6 nitrogen and oxygen atoms in total. The lowest BCUT2D eigenvalue weighted by Gasteiger charge is -2.29. The van der Waals surface area contributed by atoms with Gasteiger partial charge in [-0.05, 0) is 17.5 Å². The van der Waals surface area contributed by atoms with E-state index in [1.807, 2.05) is 12.1 Å². The highest BCUT2D eigenvalue weighted by Crippen LogP contribution is 2.30. The van der Waals surface area contributed by atoms with Crippen LogP contribution in [0.4, 0.5) is 0 Å². The third-order valence-corrected chi connectivity index (χ3v) is 4.15. The van der Waals surface area contributed by atoms with Crippen LogP contribution in [0.15, 0.2) is 49.1 Å². The monoisotopic (exact) mass is 327 g/mol. The maximum Gasteiger partial charge on any atom is 0.261 e. The standard InChI is InChI=1S/C18H17NO5/c1-2-13(24-23)9-12(20)10-19-17(21)14-7-3-5-11-6-4-8-15(16(11)14)18(19)22/h2-8,12-13,20,23H,1,9-10H2. The van der Waals surface area contributed by atoms with Crippen molar-refractivity contribution in [2.75, 3.05) is 6.54 Å². The maximum atomic E-state index is 12.7. The lowest BCUT2D eigenvalue weighted by Crippen LogP contribution is -2.45. The van der Waals surface area contributed by atoms with Crippen molar-refractivity contribution in [3.63, 3.8) is 0 Å². The molecule has 0 saturated heterocycles. The van der Waals surface area contributed by atoms with Crippen LogP contribution in [0.2, 0.25) is 0 Å². The summed E-state index contributed by atoms with van der Waals surface area (Å²) in [6.45, 7) is 3.29. The molecule has 0 fully saturated rings. The number of hydrogen-bond acceptors (Lipinski definition) is 5. The van der Waals surface area contributed by atoms with Crippen LogP contribution in [0, 0.1) is 0 Å². The summed E-state index contributed by atoms with van der Waals surface area (Å²) in [5.74, 6) is -0.883. The first-order valence-electron chi connectivity index (χ1n) is 7.55. The molecule has 1 aliphatic rings. The van der Waals surface area contributed by atoms with Gasteiger partial charge >= 0.3 is 0 Å². The highest BCUT2D eigenvalue weighted by molar-refractivity contribution is 6.25. The SMILES string of the molecule is C=CC(CC(O)CN1C(=O)c2cccc3cccc(c23)C1=O)OO. The zero-order valence-electron chi connectivity index (χ0n) is 12.9. The van der Waals surface area contributed by atoms with E-state index < -0.39 is 24.0 Å². The molecular weight excluding hydrogens is 310 g/mol. The Balaban J connectivity index is 1.91. The van der Waals surface area contributed by atoms with Gasteiger partial charge in [0.05, 0.1) is 12.6 Å². The minimum Gasteiger partial charge on any atom is -0.391 e. The lowest BCUT2D eigenvalue weighted by atomic mass is 9.94. The zero-order chi connectivity index (χ0) is 17.3. The first-order chi connectivity index (χ1) is 11.6. The molecule has 6 heteroatoms. The van der Waals surface area contributed by atoms with Gasteiger partial charge in [0.15, 0.2) is 0 Å². The van der Waals surface area contributed by atoms with E-state index in [-0.39, 0.29) is 13.0 Å². The highest BCUT2D eigenvalue weighted by atomic mass is 17.1. The fraction of sp³-hybridized carbons (Fsp3) is 0.222. The molecule has 2 aromatic carbocycles. The van der Waals surface area contributed by atoms with E-state index in [9.17, 15) is 14.7 Å². The highest BCUT2D eigenvalue weighted by Gasteiger charge is 2.34. The summed E-state index contributed by atoms with van der Waals surface area (Å²) in [4.78, 5) is 30.5. The number of amides is 2. The van der Waals surface area contributed by atoms with Gasteiger partial charge in [0.25, 0.3) is 11.8 Å². The maximum absolute atomic E-state index is 12.7. The molecule has 1 heterocycles. The van der Waals surface area contributed by atoms with Gasteiger partial charge in [-0.15, -0.1) is 6.58 Å². The molecule has 0 spiro atoms. The molecule has 0 aliphatic carbocycles. The summed E-state index contributed by atoms with van der Waals surface area (Å²) in [5.41, 5.74) is 0.877. The van der Waals surface area contributed by atoms with Crippen LogP contribution in [0.3, 0.4) is 0 Å². The van der Waals surface area contributed by atoms with Crippen LogP contribution in [-0.2, 0) is 4.89 Å². The molecule has 2 N–H and O–H groups in total. The number of aliphatic hydroxyl groups is 1. The summed E-state index contributed by atoms with van der Waals surface area (Å²) in [6.07, 6.45) is -0.467. The van der Waals surface area contributed by atoms with E-state index in [0.717, 1.165) is 10.3 Å². The number of hydrogen-bond donors (Lipinski definition) is 2. The summed E-state index contributed by atoms with van der Waals surface area (Å²) in [6, 6.07) is 10.6. The average Bonchev–Trinajstić information content (AvgIpc) is 2.61. The summed E-state index contributed by atoms with van der Waals surface area (Å²) in [7, 11) is 0. The Labute approximate surface area is 138 Å². The van der Waals surface area contributed by atoms with Gasteiger partial charge in [-0.25, -0.2) is 4.89 Å². The van der Waals surface area contributed by atoms with Crippen molar-refractivity contribution < 1.29 is 24.8 Å². The fourth-order valence-corrected chi connectivity index (χ4v) is 2.98. The largest absolute Gasteiger partial charge is 0.391 e. The predicted molar refractivity (Wildman–Crippen MR) is 87.6 cm³/mol. The van der Waals surface area contributed by atoms with Gasteiger partial charge < -0.3 is 5.11 Å². The normalized spacial score (nSPS) is 16.3. The number of carbonyl (C=O) groups excluding carboxylic acids is 2. The number of imide groups is 1. The molecule has 2 aromatic rings. The molecular formula is C18H17NO5. The number of rotatable bonds is 6. The van der Waals surface area contributed by atoms with Crippen molar-refractivity contribution in [1.82, 2.24) is 4.90 Å². The number of β-amino-alcohol motifs (C(OH)–C–C–N with tert-alkyl or cyclic N) is 1. The van der Waals surface area contributed by atoms with Crippen LogP contribution in [0.5, 0.6) is 0 Å². The number of carbonyl (C=O) groups is 2. The Morgan fingerprint density at radius 3 is 2.21 bits per heavy atom. The van der Waals surface area contributed by atoms with Crippen molar-refractivity contribution >= 4 is 22.6 Å². The molecule has 0 radical (unpaired) electrons. The first kappa shape index (κ1) is 16.3. The van der Waals surface area contributed by atoms with Gasteiger partial charge in [-0.3, -0.25) is 19.7 Å². The van der Waals surface area contributed by atoms with E-state index >= 15 is 0 Å². The van der Waals surface area contributed by atoms with Crippen molar-refractivity contribution in [3.05, 3.63) is 60.2 Å². The van der Waals surface area contributed by atoms with E-state index in [0.29, 0.717) is 16.5 Å². The molecule has 24 heavy (non-hydrogen) atoms. The van der Waals surface area contributed by atoms with Crippen molar-refractivity contribution in [2.45, 2.75) is 18.6 Å². The Morgan fingerprint density at radius 2 is 1.71 bits per heavy atom. The first-order valence-corrected chi connectivity index (χ1v) is 7.55. The van der Waals surface area contributed by atoms with Crippen LogP contribution in [-0.4, -0.2) is 45.8 Å². The van der Waals surface area contributed by atoms with Gasteiger partial charge in [-0.2, -0.15) is 0 Å². The zero-order valence-corrected chi connectivity index (χ0v) is 12.9. The minimum atomic E-state index is -1.04. The smallest absolute Gasteiger partial charge is 0.261 e. The van der Waals surface area contributed by atoms with Crippen LogP contribution >= 0.6 is 0 Å². The second-order valence-electron chi connectivity index (χ2n) is 5.70. The lowest BCUT2D eigenvalue weighted by molar-refractivity contribution is -0.270. The Morgan fingerprint density at radius 1 is 1.12 bits per heavy atom. The average molecular weight is 327 g/mol. The number of nitrogens with zero attached hydrogens (tertiary/aromatic N) is 1. The van der Waals surface area contributed by atoms with E-state index in [2.05, 4.69) is 11.5 Å². The fourth-order valence-electron chi connectivity index (χ4n) is 2.98. The molecule has 2 amide bonds. The topological polar surface area (TPSA) is 87.1 Å². The van der Waals surface area contributed by atoms with Gasteiger partial charge in [0.2, 0.25) is 0 Å². The van der Waals surface area contributed by atoms with E-state index in [4.69, 9.17) is 5.26 Å². The van der Waals surface area contributed by atoms with E-state index in [1.165, 1.54) is 6.08 Å². The summed E-state index contributed by atoms with van der Waals surface area (Å²) in [5, 5.41) is 20.3. The van der Waals surface area contributed by atoms with Crippen molar-refractivity contribution in [2.24, 2.45) is 0 Å². The molecule has 0 bridgehead atoms. The summed E-state index contributed by atoms with van der Waals surface area (Å²) >= 11 is 0. The molecule has 0 aromatic heterocycles. The van der Waals surface area contributed by atoms with E-state index in [1.54, 1.807) is 24.3 Å². The Kier molecular flexibility index (Phi) is 4.44. The quantitative estimate of drug-likeness (QED) is 0.368. The number of benzene rings is 2. The van der Waals surface area contributed by atoms with Gasteiger partial charge in [0, 0.05) is 22.9 Å². The molecule has 2 unspecified atom stereocenters. The second kappa shape index (κ2) is 6.52. The number of aliphatic hydroxyl groups excluding tert-OH is 1. The van der Waals surface area contributed by atoms with Gasteiger partial charge in [0.1, 0.15) is 6.10 Å². The van der Waals surface area contributed by atoms with Crippen molar-refractivity contribution in [1.29, 1.82) is 0 Å². The summed E-state index contributed by atoms with van der Waals surface area (Å²) < 4.78 is 0. The Bertz CT molecular complexity index is 765. The minimum absolute atomic E-state index is 0.0168. The molecule has 1 aliphatic heterocycles. The van der Waals surface area contributed by atoms with Crippen LogP contribution in [0.1, 0.15) is 27.1 Å². The van der Waals surface area contributed by atoms with Gasteiger partial charge in [-0.1, -0.05) is 30.3 Å². The molecule has 0 saturated carbocycles.